The summed E-state index contributed by atoms with van der Waals surface area (Å²) in [6.07, 6.45) is 1.08. The second-order valence-corrected chi connectivity index (χ2v) is 4.40. The Morgan fingerprint density at radius 2 is 2.20 bits per heavy atom. The standard InChI is InChI=1S/C13H19NO/c1-10-4-2-3-5-12(10)13-8-14-7-6-11(13)9-15/h2-5,11,13-15H,6-9H2,1H3. The number of aliphatic hydroxyl groups is 1. The lowest BCUT2D eigenvalue weighted by Crippen LogP contribution is -2.36. The second-order valence-electron chi connectivity index (χ2n) is 4.40. The number of hydrogen-bond acceptors (Lipinski definition) is 2. The van der Waals surface area contributed by atoms with Crippen LogP contribution in [0.3, 0.4) is 0 Å². The van der Waals surface area contributed by atoms with Gasteiger partial charge in [-0.3, -0.25) is 0 Å². The summed E-state index contributed by atoms with van der Waals surface area (Å²) in [6.45, 7) is 4.49. The lowest BCUT2D eigenvalue weighted by atomic mass is 9.80. The molecule has 0 bridgehead atoms. The van der Waals surface area contributed by atoms with Crippen LogP contribution in [0.4, 0.5) is 0 Å². The summed E-state index contributed by atoms with van der Waals surface area (Å²) in [5, 5.41) is 12.8. The minimum absolute atomic E-state index is 0.306. The van der Waals surface area contributed by atoms with Gasteiger partial charge in [-0.1, -0.05) is 24.3 Å². The number of aliphatic hydroxyl groups excluding tert-OH is 1. The first-order chi connectivity index (χ1) is 7.33. The number of hydrogen-bond donors (Lipinski definition) is 2. The third kappa shape index (κ3) is 2.21. The van der Waals surface area contributed by atoms with Crippen LogP contribution in [0.2, 0.25) is 0 Å². The highest BCUT2D eigenvalue weighted by Gasteiger charge is 2.26. The predicted octanol–water partition coefficient (Wildman–Crippen LogP) is 1.68. The lowest BCUT2D eigenvalue weighted by Gasteiger charge is -2.32. The number of benzene rings is 1. The Hall–Kier alpha value is -0.860. The number of nitrogens with one attached hydrogen (secondary N) is 1. The van der Waals surface area contributed by atoms with Crippen LogP contribution in [0.1, 0.15) is 23.5 Å². The number of piperidine rings is 1. The zero-order valence-electron chi connectivity index (χ0n) is 9.24. The molecule has 0 radical (unpaired) electrons. The molecule has 1 saturated heterocycles. The van der Waals surface area contributed by atoms with E-state index in [4.69, 9.17) is 0 Å². The molecule has 15 heavy (non-hydrogen) atoms. The van der Waals surface area contributed by atoms with Gasteiger partial charge in [0.25, 0.3) is 0 Å². The highest BCUT2D eigenvalue weighted by Crippen LogP contribution is 2.30. The van der Waals surface area contributed by atoms with Crippen molar-refractivity contribution in [2.45, 2.75) is 19.3 Å². The fourth-order valence-corrected chi connectivity index (χ4v) is 2.50. The van der Waals surface area contributed by atoms with Gasteiger partial charge in [-0.2, -0.15) is 0 Å². The van der Waals surface area contributed by atoms with Crippen molar-refractivity contribution >= 4 is 0 Å². The second kappa shape index (κ2) is 4.77. The highest BCUT2D eigenvalue weighted by atomic mass is 16.3. The van der Waals surface area contributed by atoms with Crippen LogP contribution in [0.25, 0.3) is 0 Å². The Balaban J connectivity index is 2.24. The molecule has 2 unspecified atom stereocenters. The van der Waals surface area contributed by atoms with Crippen LogP contribution < -0.4 is 5.32 Å². The van der Waals surface area contributed by atoms with E-state index in [1.54, 1.807) is 0 Å². The summed E-state index contributed by atoms with van der Waals surface area (Å²) in [4.78, 5) is 0. The molecule has 2 atom stereocenters. The normalized spacial score (nSPS) is 26.5. The molecule has 0 aliphatic carbocycles. The van der Waals surface area contributed by atoms with Gasteiger partial charge in [-0.15, -0.1) is 0 Å². The maximum atomic E-state index is 9.39. The van der Waals surface area contributed by atoms with E-state index in [-0.39, 0.29) is 0 Å². The van der Waals surface area contributed by atoms with Crippen molar-refractivity contribution in [2.75, 3.05) is 19.7 Å². The first-order valence-corrected chi connectivity index (χ1v) is 5.70. The average Bonchev–Trinajstić information content (AvgIpc) is 2.30. The Morgan fingerprint density at radius 3 is 2.93 bits per heavy atom. The molecule has 1 aliphatic rings. The van der Waals surface area contributed by atoms with Crippen LogP contribution in [0, 0.1) is 12.8 Å². The third-order valence-corrected chi connectivity index (χ3v) is 3.45. The zero-order valence-corrected chi connectivity index (χ0v) is 9.24. The van der Waals surface area contributed by atoms with Crippen LogP contribution in [-0.4, -0.2) is 24.8 Å². The molecule has 1 heterocycles. The van der Waals surface area contributed by atoms with Gasteiger partial charge in [0.05, 0.1) is 0 Å². The minimum Gasteiger partial charge on any atom is -0.396 e. The van der Waals surface area contributed by atoms with Gasteiger partial charge in [-0.05, 0) is 36.9 Å². The maximum absolute atomic E-state index is 9.39. The SMILES string of the molecule is Cc1ccccc1C1CNCCC1CO. The summed E-state index contributed by atoms with van der Waals surface area (Å²) < 4.78 is 0. The largest absolute Gasteiger partial charge is 0.396 e. The molecule has 1 aliphatic heterocycles. The molecule has 0 aromatic heterocycles. The number of aryl methyl sites for hydroxylation is 1. The van der Waals surface area contributed by atoms with Crippen molar-refractivity contribution in [3.8, 4) is 0 Å². The van der Waals surface area contributed by atoms with E-state index in [1.807, 2.05) is 0 Å². The quantitative estimate of drug-likeness (QED) is 0.770. The molecule has 82 valence electrons. The summed E-state index contributed by atoms with van der Waals surface area (Å²) in [5.41, 5.74) is 2.73. The molecule has 0 amide bonds. The topological polar surface area (TPSA) is 32.3 Å². The summed E-state index contributed by atoms with van der Waals surface area (Å²) in [5.74, 6) is 0.900. The molecule has 0 saturated carbocycles. The predicted molar refractivity (Wildman–Crippen MR) is 62.0 cm³/mol. The lowest BCUT2D eigenvalue weighted by molar-refractivity contribution is 0.176. The van der Waals surface area contributed by atoms with Crippen molar-refractivity contribution in [1.29, 1.82) is 0 Å². The molecule has 2 heteroatoms. The zero-order chi connectivity index (χ0) is 10.7. The fraction of sp³-hybridized carbons (Fsp3) is 0.538. The maximum Gasteiger partial charge on any atom is 0.0466 e. The highest BCUT2D eigenvalue weighted by molar-refractivity contribution is 5.30. The molecule has 2 nitrogen and oxygen atoms in total. The van der Waals surface area contributed by atoms with Gasteiger partial charge in [0, 0.05) is 19.1 Å². The monoisotopic (exact) mass is 205 g/mol. The van der Waals surface area contributed by atoms with Gasteiger partial charge < -0.3 is 10.4 Å². The van der Waals surface area contributed by atoms with E-state index in [0.29, 0.717) is 18.4 Å². The molecule has 2 rings (SSSR count). The number of rotatable bonds is 2. The Labute approximate surface area is 91.3 Å². The molecule has 0 spiro atoms. The van der Waals surface area contributed by atoms with Crippen molar-refractivity contribution in [1.82, 2.24) is 5.32 Å². The Morgan fingerprint density at radius 1 is 1.40 bits per heavy atom. The Kier molecular flexibility index (Phi) is 3.39. The molecule has 2 N–H and O–H groups in total. The summed E-state index contributed by atoms with van der Waals surface area (Å²) in [7, 11) is 0. The van der Waals surface area contributed by atoms with Crippen LogP contribution in [-0.2, 0) is 0 Å². The smallest absolute Gasteiger partial charge is 0.0466 e. The van der Waals surface area contributed by atoms with Gasteiger partial charge in [-0.25, -0.2) is 0 Å². The molecule has 1 aromatic carbocycles. The van der Waals surface area contributed by atoms with Crippen molar-refractivity contribution < 1.29 is 5.11 Å². The first kappa shape index (κ1) is 10.7. The minimum atomic E-state index is 0.306. The summed E-state index contributed by atoms with van der Waals surface area (Å²) in [6, 6.07) is 8.50. The van der Waals surface area contributed by atoms with Gasteiger partial charge in [0.1, 0.15) is 0 Å². The fourth-order valence-electron chi connectivity index (χ4n) is 2.50. The van der Waals surface area contributed by atoms with Crippen LogP contribution in [0.15, 0.2) is 24.3 Å². The van der Waals surface area contributed by atoms with Crippen LogP contribution in [0.5, 0.6) is 0 Å². The van der Waals surface area contributed by atoms with E-state index < -0.39 is 0 Å². The van der Waals surface area contributed by atoms with Crippen molar-refractivity contribution in [3.05, 3.63) is 35.4 Å². The van der Waals surface area contributed by atoms with Crippen LogP contribution >= 0.6 is 0 Å². The Bertz CT molecular complexity index is 324. The molecular weight excluding hydrogens is 186 g/mol. The summed E-state index contributed by atoms with van der Waals surface area (Å²) >= 11 is 0. The van der Waals surface area contributed by atoms with Crippen molar-refractivity contribution in [3.63, 3.8) is 0 Å². The van der Waals surface area contributed by atoms with E-state index in [1.165, 1.54) is 11.1 Å². The van der Waals surface area contributed by atoms with Gasteiger partial charge >= 0.3 is 0 Å². The van der Waals surface area contributed by atoms with E-state index >= 15 is 0 Å². The average molecular weight is 205 g/mol. The van der Waals surface area contributed by atoms with E-state index in [2.05, 4.69) is 36.5 Å². The third-order valence-electron chi connectivity index (χ3n) is 3.45. The molecular formula is C13H19NO. The van der Waals surface area contributed by atoms with Gasteiger partial charge in [0.2, 0.25) is 0 Å². The molecule has 1 aromatic rings. The van der Waals surface area contributed by atoms with Crippen molar-refractivity contribution in [2.24, 2.45) is 5.92 Å². The van der Waals surface area contributed by atoms with E-state index in [9.17, 15) is 5.11 Å². The van der Waals surface area contributed by atoms with E-state index in [0.717, 1.165) is 19.5 Å². The first-order valence-electron chi connectivity index (χ1n) is 5.70. The van der Waals surface area contributed by atoms with Gasteiger partial charge in [0.15, 0.2) is 0 Å². The molecule has 1 fully saturated rings.